The molecule has 1 saturated heterocycles. The Morgan fingerprint density at radius 1 is 1.26 bits per heavy atom. The van der Waals surface area contributed by atoms with E-state index < -0.39 is 0 Å². The minimum absolute atomic E-state index is 0.0876. The number of carbonyl (C=O) groups excluding carboxylic acids is 1. The van der Waals surface area contributed by atoms with Crippen molar-refractivity contribution in [1.29, 1.82) is 0 Å². The van der Waals surface area contributed by atoms with Gasteiger partial charge in [0.15, 0.2) is 5.69 Å². The minimum Gasteiger partial charge on any atom is -0.337 e. The normalized spacial score (nSPS) is 16.1. The second-order valence-corrected chi connectivity index (χ2v) is 6.27. The molecule has 124 valence electrons. The molecule has 1 aliphatic rings. The molecular weight excluding hydrogens is 316 g/mol. The van der Waals surface area contributed by atoms with E-state index in [1.807, 2.05) is 29.6 Å². The van der Waals surface area contributed by atoms with E-state index in [1.54, 1.807) is 17.9 Å². The van der Waals surface area contributed by atoms with Crippen LogP contribution in [0.1, 0.15) is 22.0 Å². The number of aryl methyl sites for hydroxylation is 2. The lowest BCUT2D eigenvalue weighted by Crippen LogP contribution is -2.48. The summed E-state index contributed by atoms with van der Waals surface area (Å²) in [4.78, 5) is 21.1. The molecule has 3 heterocycles. The Hall–Kier alpha value is -1.86. The lowest BCUT2D eigenvalue weighted by molar-refractivity contribution is 0.0618. The fourth-order valence-corrected chi connectivity index (χ4v) is 2.97. The molecule has 0 saturated carbocycles. The number of piperazine rings is 1. The van der Waals surface area contributed by atoms with E-state index in [4.69, 9.17) is 11.6 Å². The zero-order valence-corrected chi connectivity index (χ0v) is 14.4. The van der Waals surface area contributed by atoms with Crippen LogP contribution < -0.4 is 0 Å². The standard InChI is InChI=1S/C15H21ClN6O/c1-11-13(16)14(18-20(11)3)15(23)22-8-6-21(7-9-22)10-12-17-4-5-19(12)2/h4-5H,6-10H2,1-3H3. The second-order valence-electron chi connectivity index (χ2n) is 5.89. The quantitative estimate of drug-likeness (QED) is 0.841. The van der Waals surface area contributed by atoms with Gasteiger partial charge >= 0.3 is 0 Å². The van der Waals surface area contributed by atoms with Crippen LogP contribution in [-0.2, 0) is 20.6 Å². The first kappa shape index (κ1) is 16.0. The van der Waals surface area contributed by atoms with Crippen molar-refractivity contribution in [1.82, 2.24) is 29.1 Å². The molecule has 7 nitrogen and oxygen atoms in total. The van der Waals surface area contributed by atoms with Crippen LogP contribution in [0.25, 0.3) is 0 Å². The highest BCUT2D eigenvalue weighted by Crippen LogP contribution is 2.21. The average molecular weight is 337 g/mol. The first-order valence-corrected chi connectivity index (χ1v) is 8.02. The van der Waals surface area contributed by atoms with Crippen LogP contribution in [0.2, 0.25) is 5.02 Å². The number of nitrogens with zero attached hydrogens (tertiary/aromatic N) is 6. The van der Waals surface area contributed by atoms with Gasteiger partial charge in [0, 0.05) is 52.7 Å². The largest absolute Gasteiger partial charge is 0.337 e. The van der Waals surface area contributed by atoms with Crippen LogP contribution in [0.5, 0.6) is 0 Å². The van der Waals surface area contributed by atoms with Gasteiger partial charge in [-0.25, -0.2) is 4.98 Å². The number of carbonyl (C=O) groups is 1. The molecule has 23 heavy (non-hydrogen) atoms. The number of imidazole rings is 1. The maximum absolute atomic E-state index is 12.6. The maximum Gasteiger partial charge on any atom is 0.276 e. The van der Waals surface area contributed by atoms with E-state index in [-0.39, 0.29) is 5.91 Å². The second kappa shape index (κ2) is 6.33. The summed E-state index contributed by atoms with van der Waals surface area (Å²) in [5.41, 5.74) is 1.16. The summed E-state index contributed by atoms with van der Waals surface area (Å²) in [6, 6.07) is 0. The van der Waals surface area contributed by atoms with E-state index in [2.05, 4.69) is 15.0 Å². The van der Waals surface area contributed by atoms with Crippen molar-refractivity contribution in [3.05, 3.63) is 34.6 Å². The third-order valence-corrected chi connectivity index (χ3v) is 4.86. The first-order valence-electron chi connectivity index (χ1n) is 7.64. The molecule has 2 aromatic heterocycles. The molecule has 0 aliphatic carbocycles. The third-order valence-electron chi connectivity index (χ3n) is 4.41. The van der Waals surface area contributed by atoms with Crippen molar-refractivity contribution in [3.8, 4) is 0 Å². The summed E-state index contributed by atoms with van der Waals surface area (Å²) in [5.74, 6) is 0.948. The highest BCUT2D eigenvalue weighted by molar-refractivity contribution is 6.34. The molecule has 0 spiro atoms. The van der Waals surface area contributed by atoms with Gasteiger partial charge in [-0.15, -0.1) is 0 Å². The van der Waals surface area contributed by atoms with Crippen molar-refractivity contribution >= 4 is 17.5 Å². The van der Waals surface area contributed by atoms with Crippen LogP contribution in [-0.4, -0.2) is 61.2 Å². The van der Waals surface area contributed by atoms with Gasteiger partial charge in [-0.3, -0.25) is 14.4 Å². The van der Waals surface area contributed by atoms with Crippen LogP contribution in [0, 0.1) is 6.92 Å². The average Bonchev–Trinajstić information content (AvgIpc) is 3.06. The van der Waals surface area contributed by atoms with Crippen LogP contribution >= 0.6 is 11.6 Å². The predicted octanol–water partition coefficient (Wildman–Crippen LogP) is 1.07. The van der Waals surface area contributed by atoms with Gasteiger partial charge in [-0.2, -0.15) is 5.10 Å². The molecule has 0 N–H and O–H groups in total. The Balaban J connectivity index is 1.61. The van der Waals surface area contributed by atoms with Crippen LogP contribution in [0.3, 0.4) is 0 Å². The SMILES string of the molecule is Cc1c(Cl)c(C(=O)N2CCN(Cc3nccn3C)CC2)nn1C. The first-order chi connectivity index (χ1) is 11.0. The lowest BCUT2D eigenvalue weighted by Gasteiger charge is -2.34. The molecule has 1 fully saturated rings. The molecule has 0 atom stereocenters. The summed E-state index contributed by atoms with van der Waals surface area (Å²) < 4.78 is 3.67. The molecule has 0 bridgehead atoms. The summed E-state index contributed by atoms with van der Waals surface area (Å²) in [7, 11) is 3.79. The molecule has 1 aliphatic heterocycles. The predicted molar refractivity (Wildman–Crippen MR) is 87.3 cm³/mol. The topological polar surface area (TPSA) is 59.2 Å². The molecule has 0 radical (unpaired) electrons. The summed E-state index contributed by atoms with van der Waals surface area (Å²) in [5, 5.41) is 4.69. The molecule has 0 aromatic carbocycles. The number of aromatic nitrogens is 4. The highest BCUT2D eigenvalue weighted by Gasteiger charge is 2.27. The van der Waals surface area contributed by atoms with Crippen molar-refractivity contribution in [2.45, 2.75) is 13.5 Å². The van der Waals surface area contributed by atoms with Crippen LogP contribution in [0.4, 0.5) is 0 Å². The maximum atomic E-state index is 12.6. The Labute approximate surface area is 140 Å². The molecule has 2 aromatic rings. The van der Waals surface area contributed by atoms with Gasteiger partial charge in [-0.05, 0) is 6.92 Å². The fourth-order valence-electron chi connectivity index (χ4n) is 2.73. The van der Waals surface area contributed by atoms with Crippen molar-refractivity contribution < 1.29 is 4.79 Å². The van der Waals surface area contributed by atoms with Gasteiger partial charge < -0.3 is 9.47 Å². The highest BCUT2D eigenvalue weighted by atomic mass is 35.5. The number of amides is 1. The fraction of sp³-hybridized carbons (Fsp3) is 0.533. The minimum atomic E-state index is -0.0876. The van der Waals surface area contributed by atoms with E-state index in [0.717, 1.165) is 31.2 Å². The lowest BCUT2D eigenvalue weighted by atomic mass is 10.2. The smallest absolute Gasteiger partial charge is 0.276 e. The van der Waals surface area contributed by atoms with E-state index in [9.17, 15) is 4.79 Å². The van der Waals surface area contributed by atoms with Crippen LogP contribution in [0.15, 0.2) is 12.4 Å². The van der Waals surface area contributed by atoms with E-state index >= 15 is 0 Å². The third kappa shape index (κ3) is 3.11. The van der Waals surface area contributed by atoms with E-state index in [1.165, 1.54) is 0 Å². The Bertz CT molecular complexity index is 714. The monoisotopic (exact) mass is 336 g/mol. The van der Waals surface area contributed by atoms with Gasteiger partial charge in [0.25, 0.3) is 5.91 Å². The van der Waals surface area contributed by atoms with Crippen molar-refractivity contribution in [3.63, 3.8) is 0 Å². The molecule has 1 amide bonds. The van der Waals surface area contributed by atoms with Gasteiger partial charge in [0.2, 0.25) is 0 Å². The van der Waals surface area contributed by atoms with Crippen molar-refractivity contribution in [2.75, 3.05) is 26.2 Å². The summed E-state index contributed by atoms with van der Waals surface area (Å²) in [6.07, 6.45) is 3.75. The van der Waals surface area contributed by atoms with Gasteiger partial charge in [0.05, 0.1) is 17.3 Å². The molecule has 8 heteroatoms. The zero-order valence-electron chi connectivity index (χ0n) is 13.7. The summed E-state index contributed by atoms with van der Waals surface area (Å²) in [6.45, 7) is 5.65. The van der Waals surface area contributed by atoms with Gasteiger partial charge in [-0.1, -0.05) is 11.6 Å². The van der Waals surface area contributed by atoms with Crippen molar-refractivity contribution in [2.24, 2.45) is 14.1 Å². The molecule has 0 unspecified atom stereocenters. The number of rotatable bonds is 3. The van der Waals surface area contributed by atoms with Gasteiger partial charge in [0.1, 0.15) is 5.82 Å². The summed E-state index contributed by atoms with van der Waals surface area (Å²) >= 11 is 6.22. The number of hydrogen-bond donors (Lipinski definition) is 0. The molecule has 3 rings (SSSR count). The number of hydrogen-bond acceptors (Lipinski definition) is 4. The zero-order chi connectivity index (χ0) is 16.6. The molecular formula is C15H21ClN6O. The van der Waals surface area contributed by atoms with E-state index in [0.29, 0.717) is 23.8 Å². The Kier molecular flexibility index (Phi) is 4.41. The Morgan fingerprint density at radius 2 is 1.96 bits per heavy atom. The number of halogens is 1. The Morgan fingerprint density at radius 3 is 2.48 bits per heavy atom.